The topological polar surface area (TPSA) is 0 Å². The minimum atomic E-state index is -9.12. The molecule has 18 heavy (non-hydrogen) atoms. The van der Waals surface area contributed by atoms with Crippen molar-refractivity contribution in [3.8, 4) is 0 Å². The van der Waals surface area contributed by atoms with E-state index in [1.54, 1.807) is 0 Å². The van der Waals surface area contributed by atoms with Gasteiger partial charge in [-0.1, -0.05) is 0 Å². The van der Waals surface area contributed by atoms with Crippen molar-refractivity contribution in [2.75, 3.05) is 0 Å². The molecule has 0 radical (unpaired) electrons. The van der Waals surface area contributed by atoms with Crippen molar-refractivity contribution in [3.05, 3.63) is 0 Å². The zero-order valence-corrected chi connectivity index (χ0v) is 12.9. The molecule has 0 aliphatic heterocycles. The van der Waals surface area contributed by atoms with Crippen LogP contribution < -0.4 is 0 Å². The molecule has 0 aromatic heterocycles. The van der Waals surface area contributed by atoms with Crippen molar-refractivity contribution >= 4 is 0 Å². The molecule has 0 nitrogen and oxygen atoms in total. The van der Waals surface area contributed by atoms with Crippen molar-refractivity contribution in [3.63, 3.8) is 0 Å². The Morgan fingerprint density at radius 1 is 0.222 bits per heavy atom. The van der Waals surface area contributed by atoms with Crippen LogP contribution in [0.2, 0.25) is 0 Å². The monoisotopic (exact) mass is 579 g/mol. The Morgan fingerprint density at radius 2 is 0.222 bits per heavy atom. The van der Waals surface area contributed by atoms with E-state index in [1.165, 1.54) is 0 Å². The average Bonchev–Trinajstić information content (AvgIpc) is 1.29. The van der Waals surface area contributed by atoms with Crippen LogP contribution in [0.5, 0.6) is 0 Å². The first-order valence-electron chi connectivity index (χ1n) is 2.31. The molecule has 0 saturated carbocycles. The Morgan fingerprint density at radius 3 is 0.222 bits per heavy atom. The third-order valence-electron chi connectivity index (χ3n) is 0. The first kappa shape index (κ1) is 24.1. The molecule has 0 rings (SSSR count). The summed E-state index contributed by atoms with van der Waals surface area (Å²) in [5.74, 6) is 0. The van der Waals surface area contributed by atoms with Gasteiger partial charge in [-0.05, 0) is 0 Å². The summed E-state index contributed by atoms with van der Waals surface area (Å²) in [4.78, 5) is 0. The fraction of sp³-hybridized carbons (Fsp3) is 0. The summed E-state index contributed by atoms with van der Waals surface area (Å²) in [7, 11) is 0. The van der Waals surface area contributed by atoms with Gasteiger partial charge in [-0.2, -0.15) is 0 Å². The molecular weight excluding hydrogens is 573 g/mol. The van der Waals surface area contributed by atoms with Crippen molar-refractivity contribution in [1.82, 2.24) is 0 Å². The molecule has 0 heterocycles. The Hall–Kier alpha value is 1.01. The second-order valence-corrected chi connectivity index (χ2v) is 10.4. The van der Waals surface area contributed by atoms with E-state index in [1.807, 2.05) is 0 Å². The van der Waals surface area contributed by atoms with Crippen LogP contribution >= 0.6 is 0 Å². The predicted octanol–water partition coefficient (Wildman–Crippen LogP) is 6.30. The van der Waals surface area contributed by atoms with Gasteiger partial charge in [-0.25, -0.2) is 0 Å². The molecule has 0 N–H and O–H groups in total. The molecule has 0 aromatic rings. The summed E-state index contributed by atoms with van der Waals surface area (Å²) < 4.78 is 149. The molecule has 0 aromatic carbocycles. The maximum absolute atomic E-state index is 9.90. The van der Waals surface area contributed by atoms with Gasteiger partial charge >= 0.3 is 99.7 Å². The van der Waals surface area contributed by atoms with E-state index >= 15 is 0 Å². The number of halogens is 15. The van der Waals surface area contributed by atoms with Gasteiger partial charge in [0.1, 0.15) is 0 Å². The van der Waals surface area contributed by atoms with Crippen LogP contribution in [0.3, 0.4) is 0 Å². The van der Waals surface area contributed by atoms with Gasteiger partial charge in [0.05, 0.1) is 0 Å². The fourth-order valence-corrected chi connectivity index (χ4v) is 0. The molecular formula is F15Mo3. The van der Waals surface area contributed by atoms with E-state index in [4.69, 9.17) is 0 Å². The van der Waals surface area contributed by atoms with Crippen LogP contribution in [0.15, 0.2) is 0 Å². The van der Waals surface area contributed by atoms with Gasteiger partial charge in [-0.15, -0.1) is 0 Å². The Labute approximate surface area is 99.4 Å². The van der Waals surface area contributed by atoms with Gasteiger partial charge in [-0.3, -0.25) is 0 Å². The zero-order chi connectivity index (χ0) is 16.3. The third-order valence-corrected chi connectivity index (χ3v) is 0. The quantitative estimate of drug-likeness (QED) is 0.236. The summed E-state index contributed by atoms with van der Waals surface area (Å²) in [5.41, 5.74) is 0. The van der Waals surface area contributed by atoms with Gasteiger partial charge in [0, 0.05) is 0 Å². The molecule has 0 atom stereocenters. The normalized spacial score (nSPS) is 19.2. The Bertz CT molecular complexity index is 159. The van der Waals surface area contributed by atoms with Crippen molar-refractivity contribution in [1.29, 1.82) is 0 Å². The molecule has 0 amide bonds. The average molecular weight is 573 g/mol. The van der Waals surface area contributed by atoms with Crippen LogP contribution in [0, 0.1) is 0 Å². The summed E-state index contributed by atoms with van der Waals surface area (Å²) >= 11 is -27.4. The molecule has 123 valence electrons. The number of hydrogen-bond donors (Lipinski definition) is 0. The molecule has 0 aliphatic carbocycles. The maximum atomic E-state index is 9.90. The van der Waals surface area contributed by atoms with Crippen LogP contribution in [0.1, 0.15) is 0 Å². The predicted molar refractivity (Wildman–Crippen MR) is 16.6 cm³/mol. The van der Waals surface area contributed by atoms with E-state index < -0.39 is 52.3 Å². The van der Waals surface area contributed by atoms with E-state index in [0.29, 0.717) is 0 Å². The SMILES string of the molecule is [F][Mo]([F])([F])([F])[F].[F][Mo]([F])([F])([F])[F].[F][Mo]([F])([F])([F])[F]. The zero-order valence-electron chi connectivity index (χ0n) is 6.89. The second-order valence-electron chi connectivity index (χ2n) is 1.75. The van der Waals surface area contributed by atoms with Crippen molar-refractivity contribution in [2.24, 2.45) is 0 Å². The molecule has 0 fully saturated rings. The minimum absolute atomic E-state index is 9.12. The molecule has 0 bridgehead atoms. The van der Waals surface area contributed by atoms with Crippen LogP contribution in [-0.2, 0) is 52.3 Å². The Kier molecular flexibility index (Phi) is 7.25. The van der Waals surface area contributed by atoms with Crippen LogP contribution in [0.25, 0.3) is 0 Å². The fourth-order valence-electron chi connectivity index (χ4n) is 0. The summed E-state index contributed by atoms with van der Waals surface area (Å²) in [5, 5.41) is 0. The van der Waals surface area contributed by atoms with Gasteiger partial charge in [0.15, 0.2) is 0 Å². The Balaban J connectivity index is -0.000000187. The molecule has 0 aliphatic rings. The first-order valence-corrected chi connectivity index (χ1v) is 13.7. The second kappa shape index (κ2) is 5.42. The van der Waals surface area contributed by atoms with E-state index in [0.717, 1.165) is 0 Å². The van der Waals surface area contributed by atoms with E-state index in [-0.39, 0.29) is 0 Å². The summed E-state index contributed by atoms with van der Waals surface area (Å²) in [6, 6.07) is 0. The number of rotatable bonds is 0. The summed E-state index contributed by atoms with van der Waals surface area (Å²) in [6.07, 6.45) is 0. The van der Waals surface area contributed by atoms with Crippen molar-refractivity contribution in [2.45, 2.75) is 0 Å². The molecule has 0 unspecified atom stereocenters. The van der Waals surface area contributed by atoms with Gasteiger partial charge in [0.2, 0.25) is 0 Å². The molecule has 18 heteroatoms. The molecule has 0 spiro atoms. The van der Waals surface area contributed by atoms with Gasteiger partial charge in [0.25, 0.3) is 0 Å². The van der Waals surface area contributed by atoms with E-state index in [9.17, 15) is 47.4 Å². The van der Waals surface area contributed by atoms with Crippen LogP contribution in [0.4, 0.5) is 47.4 Å². The third kappa shape index (κ3) is 4240. The summed E-state index contributed by atoms with van der Waals surface area (Å²) in [6.45, 7) is 0. The van der Waals surface area contributed by atoms with Gasteiger partial charge < -0.3 is 0 Å². The van der Waals surface area contributed by atoms with E-state index in [2.05, 4.69) is 0 Å². The first-order chi connectivity index (χ1) is 6.71. The molecule has 0 saturated heterocycles. The van der Waals surface area contributed by atoms with Crippen LogP contribution in [-0.4, -0.2) is 0 Å². The number of hydrogen-bond acceptors (Lipinski definition) is 0. The van der Waals surface area contributed by atoms with Crippen molar-refractivity contribution < 1.29 is 99.7 Å². The standard InChI is InChI=1S/15FH.3Mo/h15*1H;;;/q;;;;;;;;;;;;;;;3*+5/p-15.